The highest BCUT2D eigenvalue weighted by Gasteiger charge is 2.24. The average molecular weight is 339 g/mol. The van der Waals surface area contributed by atoms with Gasteiger partial charge in [-0.3, -0.25) is 5.41 Å². The SMILES string of the molecule is N=C(c1cccc(Br)c1N)S(=O)(=O)c1ccccc1. The Labute approximate surface area is 119 Å². The Morgan fingerprint density at radius 3 is 2.32 bits per heavy atom. The second-order valence-corrected chi connectivity index (χ2v) is 6.59. The Hall–Kier alpha value is -1.66. The number of hydrogen-bond donors (Lipinski definition) is 2. The first-order valence-corrected chi connectivity index (χ1v) is 7.65. The van der Waals surface area contributed by atoms with Crippen LogP contribution in [-0.4, -0.2) is 13.5 Å². The molecule has 0 aliphatic carbocycles. The summed E-state index contributed by atoms with van der Waals surface area (Å²) in [4.78, 5) is 0.0828. The number of nitrogen functional groups attached to an aromatic ring is 1. The van der Waals surface area contributed by atoms with Crippen molar-refractivity contribution < 1.29 is 8.42 Å². The Morgan fingerprint density at radius 2 is 1.68 bits per heavy atom. The summed E-state index contributed by atoms with van der Waals surface area (Å²) in [5.74, 6) is 0. The van der Waals surface area contributed by atoms with Gasteiger partial charge in [-0.1, -0.05) is 24.3 Å². The number of anilines is 1. The summed E-state index contributed by atoms with van der Waals surface area (Å²) in [7, 11) is -3.85. The zero-order valence-corrected chi connectivity index (χ0v) is 12.2. The standard InChI is InChI=1S/C13H11BrN2O2S/c14-11-8-4-7-10(12(11)15)13(16)19(17,18)9-5-2-1-3-6-9/h1-8,16H,15H2. The highest BCUT2D eigenvalue weighted by Crippen LogP contribution is 2.26. The molecule has 4 nitrogen and oxygen atoms in total. The lowest BCUT2D eigenvalue weighted by atomic mass is 10.2. The third-order valence-electron chi connectivity index (χ3n) is 2.62. The molecule has 98 valence electrons. The van der Waals surface area contributed by atoms with Gasteiger partial charge in [-0.15, -0.1) is 0 Å². The molecule has 2 aromatic carbocycles. The monoisotopic (exact) mass is 338 g/mol. The lowest BCUT2D eigenvalue weighted by molar-refractivity contribution is 0.607. The molecule has 0 saturated heterocycles. The molecule has 0 saturated carbocycles. The third-order valence-corrected chi connectivity index (χ3v) is 4.96. The highest BCUT2D eigenvalue weighted by molar-refractivity contribution is 9.10. The van der Waals surface area contributed by atoms with E-state index in [9.17, 15) is 8.42 Å². The maximum atomic E-state index is 12.3. The van der Waals surface area contributed by atoms with Gasteiger partial charge in [-0.25, -0.2) is 8.42 Å². The first kappa shape index (κ1) is 13.8. The van der Waals surface area contributed by atoms with E-state index in [0.29, 0.717) is 4.47 Å². The lowest BCUT2D eigenvalue weighted by Crippen LogP contribution is -2.17. The van der Waals surface area contributed by atoms with E-state index < -0.39 is 14.9 Å². The Bertz CT molecular complexity index is 728. The smallest absolute Gasteiger partial charge is 0.223 e. The molecule has 0 aromatic heterocycles. The fraction of sp³-hybridized carbons (Fsp3) is 0. The molecule has 0 unspecified atom stereocenters. The molecule has 0 amide bonds. The maximum absolute atomic E-state index is 12.3. The molecule has 19 heavy (non-hydrogen) atoms. The van der Waals surface area contributed by atoms with E-state index in [1.807, 2.05) is 0 Å². The van der Waals surface area contributed by atoms with Crippen LogP contribution >= 0.6 is 15.9 Å². The van der Waals surface area contributed by atoms with Gasteiger partial charge in [0.05, 0.1) is 10.6 Å². The number of sulfone groups is 1. The van der Waals surface area contributed by atoms with E-state index in [1.165, 1.54) is 18.2 Å². The van der Waals surface area contributed by atoms with Gasteiger partial charge < -0.3 is 5.73 Å². The van der Waals surface area contributed by atoms with E-state index in [4.69, 9.17) is 11.1 Å². The normalized spacial score (nSPS) is 11.2. The second-order valence-electron chi connectivity index (χ2n) is 3.85. The van der Waals surface area contributed by atoms with Crippen LogP contribution in [-0.2, 0) is 9.84 Å². The fourth-order valence-corrected chi connectivity index (χ4v) is 3.18. The number of para-hydroxylation sites is 1. The van der Waals surface area contributed by atoms with Crippen molar-refractivity contribution >= 4 is 36.5 Å². The molecule has 0 fully saturated rings. The zero-order valence-electron chi connectivity index (χ0n) is 9.80. The second kappa shape index (κ2) is 5.14. The van der Waals surface area contributed by atoms with E-state index >= 15 is 0 Å². The maximum Gasteiger partial charge on any atom is 0.223 e. The van der Waals surface area contributed by atoms with Crippen LogP contribution in [0.2, 0.25) is 0 Å². The minimum atomic E-state index is -3.85. The van der Waals surface area contributed by atoms with Crippen molar-refractivity contribution in [2.45, 2.75) is 4.90 Å². The molecule has 0 aliphatic heterocycles. The summed E-state index contributed by atoms with van der Waals surface area (Å²) in [6.07, 6.45) is 0. The molecular formula is C13H11BrN2O2S. The summed E-state index contributed by atoms with van der Waals surface area (Å²) in [5.41, 5.74) is 6.24. The Kier molecular flexibility index (Phi) is 3.73. The number of halogens is 1. The van der Waals surface area contributed by atoms with Crippen LogP contribution in [0.25, 0.3) is 0 Å². The third kappa shape index (κ3) is 2.54. The topological polar surface area (TPSA) is 84.0 Å². The van der Waals surface area contributed by atoms with Gasteiger partial charge >= 0.3 is 0 Å². The van der Waals surface area contributed by atoms with Gasteiger partial charge in [-0.2, -0.15) is 0 Å². The molecule has 3 N–H and O–H groups in total. The van der Waals surface area contributed by atoms with Crippen LogP contribution in [0.1, 0.15) is 5.56 Å². The van der Waals surface area contributed by atoms with Crippen molar-refractivity contribution in [3.8, 4) is 0 Å². The zero-order chi connectivity index (χ0) is 14.0. The molecule has 2 aromatic rings. The number of rotatable bonds is 2. The van der Waals surface area contributed by atoms with Crippen LogP contribution in [0.3, 0.4) is 0 Å². The Balaban J connectivity index is 2.54. The minimum Gasteiger partial charge on any atom is -0.397 e. The number of hydrogen-bond acceptors (Lipinski definition) is 4. The van der Waals surface area contributed by atoms with Crippen molar-refractivity contribution in [1.82, 2.24) is 0 Å². The summed E-state index contributed by atoms with van der Waals surface area (Å²) in [5, 5.41) is 7.42. The van der Waals surface area contributed by atoms with Crippen LogP contribution in [0.15, 0.2) is 57.9 Å². The molecule has 0 spiro atoms. The number of nitrogens with two attached hydrogens (primary N) is 1. The highest BCUT2D eigenvalue weighted by atomic mass is 79.9. The van der Waals surface area contributed by atoms with Crippen molar-refractivity contribution in [3.05, 3.63) is 58.6 Å². The first-order chi connectivity index (χ1) is 8.94. The summed E-state index contributed by atoms with van der Waals surface area (Å²) >= 11 is 3.22. The predicted octanol–water partition coefficient (Wildman–Crippen LogP) is 2.83. The number of benzene rings is 2. The van der Waals surface area contributed by atoms with Gasteiger partial charge in [0.15, 0.2) is 5.04 Å². The average Bonchev–Trinajstić information content (AvgIpc) is 2.42. The van der Waals surface area contributed by atoms with Gasteiger partial charge in [0, 0.05) is 10.0 Å². The molecule has 0 bridgehead atoms. The van der Waals surface area contributed by atoms with Crippen LogP contribution in [0.4, 0.5) is 5.69 Å². The number of nitrogens with one attached hydrogen (secondary N) is 1. The van der Waals surface area contributed by atoms with Gasteiger partial charge in [0.25, 0.3) is 0 Å². The van der Waals surface area contributed by atoms with E-state index in [-0.39, 0.29) is 16.1 Å². The Morgan fingerprint density at radius 1 is 1.05 bits per heavy atom. The molecule has 2 rings (SSSR count). The van der Waals surface area contributed by atoms with E-state index in [1.54, 1.807) is 30.3 Å². The van der Waals surface area contributed by atoms with E-state index in [0.717, 1.165) is 0 Å². The van der Waals surface area contributed by atoms with Crippen molar-refractivity contribution in [2.24, 2.45) is 0 Å². The summed E-state index contributed by atoms with van der Waals surface area (Å²) < 4.78 is 25.2. The lowest BCUT2D eigenvalue weighted by Gasteiger charge is -2.09. The summed E-state index contributed by atoms with van der Waals surface area (Å²) in [6.45, 7) is 0. The first-order valence-electron chi connectivity index (χ1n) is 5.37. The van der Waals surface area contributed by atoms with Crippen molar-refractivity contribution in [3.63, 3.8) is 0 Å². The minimum absolute atomic E-state index is 0.0828. The van der Waals surface area contributed by atoms with Gasteiger partial charge in [-0.05, 0) is 40.2 Å². The fourth-order valence-electron chi connectivity index (χ4n) is 1.60. The quantitative estimate of drug-likeness (QED) is 0.501. The molecule has 0 aliphatic rings. The molecule has 0 heterocycles. The van der Waals surface area contributed by atoms with Gasteiger partial charge in [0.1, 0.15) is 0 Å². The van der Waals surface area contributed by atoms with Crippen LogP contribution in [0.5, 0.6) is 0 Å². The van der Waals surface area contributed by atoms with Crippen LogP contribution in [0, 0.1) is 5.41 Å². The molecule has 6 heteroatoms. The largest absolute Gasteiger partial charge is 0.397 e. The van der Waals surface area contributed by atoms with Crippen molar-refractivity contribution in [1.29, 1.82) is 5.41 Å². The molecule has 0 atom stereocenters. The van der Waals surface area contributed by atoms with Gasteiger partial charge in [0.2, 0.25) is 9.84 Å². The molecule has 0 radical (unpaired) electrons. The summed E-state index contributed by atoms with van der Waals surface area (Å²) in [6, 6.07) is 12.7. The van der Waals surface area contributed by atoms with E-state index in [2.05, 4.69) is 15.9 Å². The molecular weight excluding hydrogens is 328 g/mol. The van der Waals surface area contributed by atoms with Crippen molar-refractivity contribution in [2.75, 3.05) is 5.73 Å². The van der Waals surface area contributed by atoms with Crippen LogP contribution < -0.4 is 5.73 Å². The predicted molar refractivity (Wildman–Crippen MR) is 79.0 cm³/mol.